The van der Waals surface area contributed by atoms with E-state index in [0.717, 1.165) is 17.8 Å². The van der Waals surface area contributed by atoms with Crippen molar-refractivity contribution in [2.24, 2.45) is 5.73 Å². The van der Waals surface area contributed by atoms with Gasteiger partial charge in [0, 0.05) is 17.4 Å². The van der Waals surface area contributed by atoms with Crippen molar-refractivity contribution in [1.29, 1.82) is 0 Å². The molecule has 1 heterocycles. The number of nitrogens with two attached hydrogens (primary N) is 1. The number of anilines is 1. The summed E-state index contributed by atoms with van der Waals surface area (Å²) in [4.78, 5) is 19.3. The molecule has 0 saturated heterocycles. The minimum atomic E-state index is -0.972. The number of thioether (sulfide) groups is 1. The summed E-state index contributed by atoms with van der Waals surface area (Å²) in [6.07, 6.45) is 0. The molecule has 1 amide bonds. The number of carbonyl (C=O) groups excluding carboxylic acids is 1. The summed E-state index contributed by atoms with van der Waals surface area (Å²) in [7, 11) is 0. The lowest BCUT2D eigenvalue weighted by atomic mass is 10.2. The third-order valence-corrected chi connectivity index (χ3v) is 4.06. The van der Waals surface area contributed by atoms with Gasteiger partial charge in [0.2, 0.25) is 5.88 Å². The lowest BCUT2D eigenvalue weighted by Crippen LogP contribution is -2.24. The second kappa shape index (κ2) is 8.08. The Kier molecular flexibility index (Phi) is 6.10. The predicted molar refractivity (Wildman–Crippen MR) is 88.3 cm³/mol. The quantitative estimate of drug-likeness (QED) is 0.432. The Hall–Kier alpha value is -2.46. The molecule has 25 heavy (non-hydrogen) atoms. The highest BCUT2D eigenvalue weighted by atomic mass is 32.2. The number of hydrogen-bond donors (Lipinski definition) is 4. The predicted octanol–water partition coefficient (Wildman–Crippen LogP) is 1.64. The summed E-state index contributed by atoms with van der Waals surface area (Å²) in [6, 6.07) is 3.33. The van der Waals surface area contributed by atoms with Crippen molar-refractivity contribution in [2.45, 2.75) is 23.9 Å². The van der Waals surface area contributed by atoms with Crippen LogP contribution in [-0.2, 0) is 5.75 Å². The van der Waals surface area contributed by atoms with Crippen LogP contribution in [0.5, 0.6) is 5.88 Å². The summed E-state index contributed by atoms with van der Waals surface area (Å²) >= 11 is 0.936. The molecule has 10 heteroatoms. The number of amides is 1. The molecule has 0 radical (unpaired) electrons. The van der Waals surface area contributed by atoms with Crippen molar-refractivity contribution < 1.29 is 23.8 Å². The lowest BCUT2D eigenvalue weighted by Gasteiger charge is -2.15. The number of carbonyl (C=O) groups is 1. The molecular weight excluding hydrogens is 354 g/mol. The zero-order chi connectivity index (χ0) is 18.6. The van der Waals surface area contributed by atoms with Crippen LogP contribution >= 0.6 is 11.8 Å². The Bertz CT molecular complexity index is 792. The fourth-order valence-electron chi connectivity index (χ4n) is 1.91. The van der Waals surface area contributed by atoms with Crippen molar-refractivity contribution in [1.82, 2.24) is 9.97 Å². The summed E-state index contributed by atoms with van der Waals surface area (Å²) in [5.74, 6) is -3.57. The van der Waals surface area contributed by atoms with Gasteiger partial charge in [0.15, 0.2) is 16.8 Å². The first kappa shape index (κ1) is 18.9. The Labute approximate surface area is 146 Å². The number of benzene rings is 1. The minimum absolute atomic E-state index is 0.00788. The van der Waals surface area contributed by atoms with E-state index in [2.05, 4.69) is 15.3 Å². The number of primary amides is 1. The number of aromatic nitrogens is 2. The minimum Gasteiger partial charge on any atom is -0.493 e. The van der Waals surface area contributed by atoms with Crippen LogP contribution in [0.25, 0.3) is 0 Å². The molecule has 0 aliphatic carbocycles. The van der Waals surface area contributed by atoms with E-state index in [1.807, 2.05) is 0 Å². The molecule has 2 aromatic rings. The summed E-state index contributed by atoms with van der Waals surface area (Å²) in [5.41, 5.74) is 4.99. The van der Waals surface area contributed by atoms with E-state index in [4.69, 9.17) is 10.8 Å². The third-order valence-electron chi connectivity index (χ3n) is 3.16. The highest BCUT2D eigenvalue weighted by molar-refractivity contribution is 7.98. The van der Waals surface area contributed by atoms with Crippen molar-refractivity contribution in [2.75, 3.05) is 11.9 Å². The normalized spacial score (nSPS) is 12.0. The zero-order valence-corrected chi connectivity index (χ0v) is 14.0. The Morgan fingerprint density at radius 3 is 2.76 bits per heavy atom. The number of aliphatic hydroxyl groups excluding tert-OH is 1. The van der Waals surface area contributed by atoms with Gasteiger partial charge in [-0.3, -0.25) is 4.79 Å². The van der Waals surface area contributed by atoms with Crippen LogP contribution in [0.1, 0.15) is 22.8 Å². The molecule has 134 valence electrons. The topological polar surface area (TPSA) is 121 Å². The van der Waals surface area contributed by atoms with Crippen molar-refractivity contribution in [3.8, 4) is 5.88 Å². The van der Waals surface area contributed by atoms with Gasteiger partial charge in [-0.15, -0.1) is 0 Å². The SMILES string of the molecule is C[C@H](CO)Nc1nc(SCc2cccc(F)c2F)nc(O)c1C(N)=O. The average Bonchev–Trinajstić information content (AvgIpc) is 2.55. The number of nitrogens with one attached hydrogen (secondary N) is 1. The van der Waals surface area contributed by atoms with E-state index >= 15 is 0 Å². The second-order valence-corrected chi connectivity index (χ2v) is 6.09. The van der Waals surface area contributed by atoms with Crippen LogP contribution in [0.2, 0.25) is 0 Å². The molecular formula is C15H16F2N4O3S. The van der Waals surface area contributed by atoms with Gasteiger partial charge < -0.3 is 21.3 Å². The summed E-state index contributed by atoms with van der Waals surface area (Å²) in [5, 5.41) is 21.8. The van der Waals surface area contributed by atoms with E-state index in [1.54, 1.807) is 6.92 Å². The molecule has 2 rings (SSSR count). The lowest BCUT2D eigenvalue weighted by molar-refractivity contribution is 0.0997. The van der Waals surface area contributed by atoms with Crippen molar-refractivity contribution >= 4 is 23.5 Å². The van der Waals surface area contributed by atoms with Gasteiger partial charge in [0.25, 0.3) is 5.91 Å². The van der Waals surface area contributed by atoms with E-state index in [1.165, 1.54) is 12.1 Å². The van der Waals surface area contributed by atoms with Gasteiger partial charge in [0.1, 0.15) is 11.4 Å². The fourth-order valence-corrected chi connectivity index (χ4v) is 2.72. The Morgan fingerprint density at radius 2 is 2.12 bits per heavy atom. The summed E-state index contributed by atoms with van der Waals surface area (Å²) < 4.78 is 26.9. The molecule has 0 spiro atoms. The number of aliphatic hydroxyl groups is 1. The van der Waals surface area contributed by atoms with E-state index in [9.17, 15) is 18.7 Å². The first-order valence-electron chi connectivity index (χ1n) is 7.17. The van der Waals surface area contributed by atoms with Crippen LogP contribution < -0.4 is 11.1 Å². The maximum absolute atomic E-state index is 13.7. The van der Waals surface area contributed by atoms with Crippen molar-refractivity contribution in [3.63, 3.8) is 0 Å². The highest BCUT2D eigenvalue weighted by Crippen LogP contribution is 2.28. The molecule has 0 fully saturated rings. The molecule has 7 nitrogen and oxygen atoms in total. The van der Waals surface area contributed by atoms with Crippen LogP contribution in [0.15, 0.2) is 23.4 Å². The van der Waals surface area contributed by atoms with Gasteiger partial charge in [-0.1, -0.05) is 23.9 Å². The standard InChI is InChI=1S/C15H16F2N4O3S/c1-7(5-22)19-13-10(12(18)23)14(24)21-15(20-13)25-6-8-3-2-4-9(16)11(8)17/h2-4,7,22H,5-6H2,1H3,(H2,18,23)(H2,19,20,21,24)/t7-/m1/s1. The number of aromatic hydroxyl groups is 1. The molecule has 5 N–H and O–H groups in total. The molecule has 1 atom stereocenters. The van der Waals surface area contributed by atoms with E-state index in [-0.39, 0.29) is 34.5 Å². The van der Waals surface area contributed by atoms with Crippen LogP contribution in [0.3, 0.4) is 0 Å². The number of halogens is 2. The van der Waals surface area contributed by atoms with Gasteiger partial charge in [-0.2, -0.15) is 4.98 Å². The number of nitrogens with zero attached hydrogens (tertiary/aromatic N) is 2. The first-order chi connectivity index (χ1) is 11.8. The molecule has 0 saturated carbocycles. The third kappa shape index (κ3) is 4.54. The van der Waals surface area contributed by atoms with Crippen LogP contribution in [-0.4, -0.2) is 38.7 Å². The maximum Gasteiger partial charge on any atom is 0.257 e. The fraction of sp³-hybridized carbons (Fsp3) is 0.267. The van der Waals surface area contributed by atoms with E-state index in [0.29, 0.717) is 0 Å². The molecule has 0 aliphatic rings. The van der Waals surface area contributed by atoms with Gasteiger partial charge in [-0.05, 0) is 13.0 Å². The van der Waals surface area contributed by atoms with Gasteiger partial charge in [0.05, 0.1) is 6.61 Å². The maximum atomic E-state index is 13.7. The smallest absolute Gasteiger partial charge is 0.257 e. The van der Waals surface area contributed by atoms with Crippen molar-refractivity contribution in [3.05, 3.63) is 41.0 Å². The molecule has 0 aliphatic heterocycles. The average molecular weight is 370 g/mol. The number of rotatable bonds is 7. The highest BCUT2D eigenvalue weighted by Gasteiger charge is 2.20. The van der Waals surface area contributed by atoms with E-state index < -0.39 is 29.5 Å². The first-order valence-corrected chi connectivity index (χ1v) is 8.16. The second-order valence-electron chi connectivity index (χ2n) is 5.15. The largest absolute Gasteiger partial charge is 0.493 e. The molecule has 1 aromatic carbocycles. The zero-order valence-electron chi connectivity index (χ0n) is 13.2. The number of hydrogen-bond acceptors (Lipinski definition) is 7. The van der Waals surface area contributed by atoms with Crippen LogP contribution in [0, 0.1) is 11.6 Å². The van der Waals surface area contributed by atoms with Gasteiger partial charge in [-0.25, -0.2) is 13.8 Å². The van der Waals surface area contributed by atoms with Crippen LogP contribution in [0.4, 0.5) is 14.6 Å². The summed E-state index contributed by atoms with van der Waals surface area (Å²) in [6.45, 7) is 1.37. The monoisotopic (exact) mass is 370 g/mol. The molecule has 0 bridgehead atoms. The van der Waals surface area contributed by atoms with Gasteiger partial charge >= 0.3 is 0 Å². The molecule has 0 unspecified atom stereocenters. The molecule has 1 aromatic heterocycles. The Balaban J connectivity index is 2.29. The Morgan fingerprint density at radius 1 is 1.40 bits per heavy atom.